The molecule has 0 radical (unpaired) electrons. The molecule has 0 bridgehead atoms. The van der Waals surface area contributed by atoms with Crippen LogP contribution in [0.15, 0.2) is 23.3 Å². The van der Waals surface area contributed by atoms with Gasteiger partial charge in [-0.2, -0.15) is 0 Å². The van der Waals surface area contributed by atoms with E-state index in [9.17, 15) is 5.11 Å². The van der Waals surface area contributed by atoms with E-state index >= 15 is 0 Å². The van der Waals surface area contributed by atoms with Crippen LogP contribution in [0.3, 0.4) is 0 Å². The van der Waals surface area contributed by atoms with Gasteiger partial charge in [-0.25, -0.2) is 0 Å². The molecule has 1 aliphatic heterocycles. The van der Waals surface area contributed by atoms with Crippen molar-refractivity contribution >= 4 is 8.32 Å². The van der Waals surface area contributed by atoms with Gasteiger partial charge in [-0.3, -0.25) is 0 Å². The molecule has 1 aliphatic carbocycles. The quantitative estimate of drug-likeness (QED) is 0.349. The summed E-state index contributed by atoms with van der Waals surface area (Å²) in [6.45, 7) is 15.9. The van der Waals surface area contributed by atoms with Crippen LogP contribution in [0.1, 0.15) is 73.6 Å². The van der Waals surface area contributed by atoms with Crippen molar-refractivity contribution < 1.29 is 19.0 Å². The Bertz CT molecular complexity index is 511. The Morgan fingerprint density at radius 1 is 1.00 bits per heavy atom. The third-order valence-electron chi connectivity index (χ3n) is 6.39. The molecule has 0 amide bonds. The molecule has 5 heteroatoms. The van der Waals surface area contributed by atoms with Gasteiger partial charge in [0.25, 0.3) is 0 Å². The summed E-state index contributed by atoms with van der Waals surface area (Å²) in [6, 6.07) is 0. The Kier molecular flexibility index (Phi) is 9.42. The highest BCUT2D eigenvalue weighted by atomic mass is 28.4. The maximum absolute atomic E-state index is 10.6. The van der Waals surface area contributed by atoms with Crippen LogP contribution in [0.2, 0.25) is 16.6 Å². The average molecular weight is 411 g/mol. The Morgan fingerprint density at radius 2 is 1.57 bits per heavy atom. The van der Waals surface area contributed by atoms with Gasteiger partial charge in [0, 0.05) is 13.0 Å². The van der Waals surface area contributed by atoms with Crippen LogP contribution in [0.5, 0.6) is 0 Å². The first-order chi connectivity index (χ1) is 13.3. The zero-order valence-corrected chi connectivity index (χ0v) is 19.9. The topological polar surface area (TPSA) is 47.9 Å². The predicted molar refractivity (Wildman–Crippen MR) is 118 cm³/mol. The summed E-state index contributed by atoms with van der Waals surface area (Å²) in [4.78, 5) is 0. The van der Waals surface area contributed by atoms with E-state index in [-0.39, 0.29) is 12.4 Å². The summed E-state index contributed by atoms with van der Waals surface area (Å²) in [5.41, 5.74) is 4.46. The molecule has 0 aromatic heterocycles. The molecule has 0 aromatic rings. The van der Waals surface area contributed by atoms with E-state index in [1.54, 1.807) is 0 Å². The number of ether oxygens (including phenoxy) is 2. The van der Waals surface area contributed by atoms with Crippen LogP contribution in [0.25, 0.3) is 0 Å². The second-order valence-corrected chi connectivity index (χ2v) is 14.8. The van der Waals surface area contributed by atoms with Crippen molar-refractivity contribution in [3.63, 3.8) is 0 Å². The highest BCUT2D eigenvalue weighted by Gasteiger charge is 2.44. The molecule has 0 saturated carbocycles. The van der Waals surface area contributed by atoms with E-state index in [1.165, 1.54) is 11.1 Å². The Hall–Kier alpha value is -0.463. The molecule has 2 rings (SSSR count). The zero-order valence-electron chi connectivity index (χ0n) is 18.9. The van der Waals surface area contributed by atoms with Crippen LogP contribution in [0.4, 0.5) is 0 Å². The van der Waals surface area contributed by atoms with E-state index < -0.39 is 8.32 Å². The molecule has 1 fully saturated rings. The summed E-state index contributed by atoms with van der Waals surface area (Å²) >= 11 is 0. The summed E-state index contributed by atoms with van der Waals surface area (Å²) in [6.07, 6.45) is 8.32. The Morgan fingerprint density at radius 3 is 2.14 bits per heavy atom. The minimum Gasteiger partial charge on any atom is -0.416 e. The maximum Gasteiger partial charge on any atom is 0.200 e. The molecule has 0 aromatic carbocycles. The van der Waals surface area contributed by atoms with Gasteiger partial charge < -0.3 is 19.0 Å². The molecule has 4 nitrogen and oxygen atoms in total. The van der Waals surface area contributed by atoms with Gasteiger partial charge >= 0.3 is 0 Å². The zero-order chi connectivity index (χ0) is 20.7. The Labute approximate surface area is 173 Å². The van der Waals surface area contributed by atoms with Gasteiger partial charge in [0.05, 0.1) is 19.3 Å². The SMILES string of the molecule is CC(C)[Si](OCC[C@H](O)CC1=CCC=C(CC2OCCO2)C1)(C(C)C)C(C)C. The first-order valence-electron chi connectivity index (χ1n) is 11.2. The maximum atomic E-state index is 10.6. The molecule has 1 saturated heterocycles. The van der Waals surface area contributed by atoms with Crippen molar-refractivity contribution in [1.29, 1.82) is 0 Å². The van der Waals surface area contributed by atoms with Crippen LogP contribution < -0.4 is 0 Å². The van der Waals surface area contributed by atoms with E-state index in [0.717, 1.165) is 25.7 Å². The minimum absolute atomic E-state index is 0.0786. The van der Waals surface area contributed by atoms with Gasteiger partial charge in [0.15, 0.2) is 14.6 Å². The first kappa shape index (κ1) is 23.8. The van der Waals surface area contributed by atoms with Crippen molar-refractivity contribution in [2.75, 3.05) is 19.8 Å². The van der Waals surface area contributed by atoms with Crippen molar-refractivity contribution in [3.8, 4) is 0 Å². The summed E-state index contributed by atoms with van der Waals surface area (Å²) in [5, 5.41) is 10.6. The van der Waals surface area contributed by atoms with Crippen LogP contribution in [-0.2, 0) is 13.9 Å². The standard InChI is InChI=1S/C23H42O4Si/c1-17(2)28(18(3)4,19(5)6)27-11-10-22(24)15-20-8-7-9-21(14-20)16-23-25-12-13-26-23/h8-9,17-19,22-24H,7,10-16H2,1-6H3/t22-/m0/s1. The van der Waals surface area contributed by atoms with Crippen molar-refractivity contribution in [1.82, 2.24) is 0 Å². The number of aliphatic hydroxyl groups excluding tert-OH is 1. The van der Waals surface area contributed by atoms with Crippen LogP contribution >= 0.6 is 0 Å². The smallest absolute Gasteiger partial charge is 0.200 e. The summed E-state index contributed by atoms with van der Waals surface area (Å²) < 4.78 is 17.7. The highest BCUT2D eigenvalue weighted by Crippen LogP contribution is 2.42. The third kappa shape index (κ3) is 6.27. The van der Waals surface area contributed by atoms with Crippen molar-refractivity contribution in [2.45, 2.75) is 103 Å². The van der Waals surface area contributed by atoms with E-state index in [2.05, 4.69) is 53.7 Å². The highest BCUT2D eigenvalue weighted by molar-refractivity contribution is 6.77. The minimum atomic E-state index is -1.84. The molecule has 0 unspecified atom stereocenters. The molecule has 1 heterocycles. The van der Waals surface area contributed by atoms with Crippen molar-refractivity contribution in [3.05, 3.63) is 23.3 Å². The largest absolute Gasteiger partial charge is 0.416 e. The molecular formula is C23H42O4Si. The monoisotopic (exact) mass is 410 g/mol. The fourth-order valence-electron chi connectivity index (χ4n) is 5.15. The lowest BCUT2D eigenvalue weighted by Gasteiger charge is -2.42. The lowest BCUT2D eigenvalue weighted by Crippen LogP contribution is -2.48. The van der Waals surface area contributed by atoms with E-state index in [1.807, 2.05) is 0 Å². The molecule has 28 heavy (non-hydrogen) atoms. The van der Waals surface area contributed by atoms with E-state index in [4.69, 9.17) is 13.9 Å². The average Bonchev–Trinajstić information content (AvgIpc) is 3.11. The molecule has 1 atom stereocenters. The molecule has 162 valence electrons. The predicted octanol–water partition coefficient (Wildman–Crippen LogP) is 5.73. The number of aliphatic hydroxyl groups is 1. The molecular weight excluding hydrogens is 368 g/mol. The van der Waals surface area contributed by atoms with E-state index in [0.29, 0.717) is 42.9 Å². The second kappa shape index (κ2) is 11.1. The number of allylic oxidation sites excluding steroid dienone is 2. The second-order valence-electron chi connectivity index (χ2n) is 9.33. The third-order valence-corrected chi connectivity index (χ3v) is 12.5. The number of hydrogen-bond donors (Lipinski definition) is 1. The number of rotatable bonds is 11. The molecule has 0 spiro atoms. The van der Waals surface area contributed by atoms with Gasteiger partial charge in [-0.05, 0) is 42.3 Å². The van der Waals surface area contributed by atoms with Gasteiger partial charge in [0.2, 0.25) is 0 Å². The van der Waals surface area contributed by atoms with Crippen LogP contribution in [0, 0.1) is 0 Å². The molecule has 1 N–H and O–H groups in total. The lowest BCUT2D eigenvalue weighted by molar-refractivity contribution is -0.0403. The summed E-state index contributed by atoms with van der Waals surface area (Å²) in [5.74, 6) is 0. The van der Waals surface area contributed by atoms with Gasteiger partial charge in [-0.15, -0.1) is 0 Å². The fourth-order valence-corrected chi connectivity index (χ4v) is 10.6. The Balaban J connectivity index is 1.78. The van der Waals surface area contributed by atoms with Gasteiger partial charge in [-0.1, -0.05) is 64.8 Å². The van der Waals surface area contributed by atoms with Crippen LogP contribution in [-0.4, -0.2) is 45.6 Å². The fraction of sp³-hybridized carbons (Fsp3) is 0.826. The van der Waals surface area contributed by atoms with Gasteiger partial charge in [0.1, 0.15) is 0 Å². The van der Waals surface area contributed by atoms with Crippen molar-refractivity contribution in [2.24, 2.45) is 0 Å². The number of hydrogen-bond acceptors (Lipinski definition) is 4. The normalized spacial score (nSPS) is 20.2. The lowest BCUT2D eigenvalue weighted by atomic mass is 9.92. The first-order valence-corrected chi connectivity index (χ1v) is 13.3. The summed E-state index contributed by atoms with van der Waals surface area (Å²) in [7, 11) is -1.84. The molecule has 2 aliphatic rings.